The third kappa shape index (κ3) is 1.44. The van der Waals surface area contributed by atoms with Crippen molar-refractivity contribution in [2.75, 3.05) is 6.79 Å². The summed E-state index contributed by atoms with van der Waals surface area (Å²) in [6, 6.07) is 5.88. The summed E-state index contributed by atoms with van der Waals surface area (Å²) in [5.41, 5.74) is 6.93. The van der Waals surface area contributed by atoms with Crippen molar-refractivity contribution in [2.45, 2.75) is 25.8 Å². The maximum atomic E-state index is 6.14. The van der Waals surface area contributed by atoms with Gasteiger partial charge in [0.2, 0.25) is 6.79 Å². The van der Waals surface area contributed by atoms with Gasteiger partial charge < -0.3 is 15.2 Å². The first-order valence-electron chi connectivity index (χ1n) is 4.82. The van der Waals surface area contributed by atoms with Crippen LogP contribution in [-0.2, 0) is 5.54 Å². The second-order valence-corrected chi connectivity index (χ2v) is 3.84. The van der Waals surface area contributed by atoms with Gasteiger partial charge in [-0.3, -0.25) is 0 Å². The molecule has 0 spiro atoms. The monoisotopic (exact) mass is 193 g/mol. The molecule has 0 saturated heterocycles. The van der Waals surface area contributed by atoms with Gasteiger partial charge in [0.05, 0.1) is 0 Å². The standard InChI is InChI=1S/C11H15NO2/c1-3-11(2,12)8-4-5-9-10(6-8)14-7-13-9/h4-6H,3,7,12H2,1-2H3. The molecule has 14 heavy (non-hydrogen) atoms. The van der Waals surface area contributed by atoms with Crippen LogP contribution in [0.2, 0.25) is 0 Å². The number of hydrogen-bond acceptors (Lipinski definition) is 3. The molecule has 1 aromatic rings. The van der Waals surface area contributed by atoms with Crippen LogP contribution in [0, 0.1) is 0 Å². The molecule has 1 aliphatic rings. The third-order valence-electron chi connectivity index (χ3n) is 2.77. The van der Waals surface area contributed by atoms with Crippen LogP contribution in [0.5, 0.6) is 11.5 Å². The molecule has 1 aliphatic heterocycles. The second kappa shape index (κ2) is 3.17. The molecule has 76 valence electrons. The smallest absolute Gasteiger partial charge is 0.231 e. The van der Waals surface area contributed by atoms with Gasteiger partial charge in [-0.25, -0.2) is 0 Å². The highest BCUT2D eigenvalue weighted by atomic mass is 16.7. The van der Waals surface area contributed by atoms with Crippen LogP contribution in [0.1, 0.15) is 25.8 Å². The van der Waals surface area contributed by atoms with Crippen molar-refractivity contribution in [3.63, 3.8) is 0 Å². The Bertz CT molecular complexity index is 347. The molecule has 3 heteroatoms. The van der Waals surface area contributed by atoms with E-state index in [-0.39, 0.29) is 5.54 Å². The van der Waals surface area contributed by atoms with E-state index in [0.717, 1.165) is 23.5 Å². The quantitative estimate of drug-likeness (QED) is 0.781. The number of rotatable bonds is 2. The fourth-order valence-corrected chi connectivity index (χ4v) is 1.46. The minimum atomic E-state index is -0.291. The molecule has 0 saturated carbocycles. The SMILES string of the molecule is CCC(C)(N)c1ccc2c(c1)OCO2. The summed E-state index contributed by atoms with van der Waals surface area (Å²) in [6.45, 7) is 4.40. The Morgan fingerprint density at radius 1 is 1.36 bits per heavy atom. The van der Waals surface area contributed by atoms with Crippen LogP contribution in [0.3, 0.4) is 0 Å². The van der Waals surface area contributed by atoms with E-state index < -0.39 is 0 Å². The summed E-state index contributed by atoms with van der Waals surface area (Å²) in [4.78, 5) is 0. The number of hydrogen-bond donors (Lipinski definition) is 1. The topological polar surface area (TPSA) is 44.5 Å². The van der Waals surface area contributed by atoms with Crippen LogP contribution < -0.4 is 15.2 Å². The van der Waals surface area contributed by atoms with Gasteiger partial charge in [-0.2, -0.15) is 0 Å². The van der Waals surface area contributed by atoms with E-state index in [2.05, 4.69) is 6.92 Å². The van der Waals surface area contributed by atoms with Gasteiger partial charge >= 0.3 is 0 Å². The number of benzene rings is 1. The van der Waals surface area contributed by atoms with Gasteiger partial charge in [0.25, 0.3) is 0 Å². The average molecular weight is 193 g/mol. The molecule has 1 unspecified atom stereocenters. The molecule has 1 heterocycles. The number of fused-ring (bicyclic) bond motifs is 1. The number of nitrogens with two attached hydrogens (primary N) is 1. The van der Waals surface area contributed by atoms with Crippen molar-refractivity contribution in [1.82, 2.24) is 0 Å². The molecule has 2 rings (SSSR count). The molecule has 1 atom stereocenters. The summed E-state index contributed by atoms with van der Waals surface area (Å²) >= 11 is 0. The summed E-state index contributed by atoms with van der Waals surface area (Å²) in [7, 11) is 0. The van der Waals surface area contributed by atoms with Crippen molar-refractivity contribution in [3.8, 4) is 11.5 Å². The minimum absolute atomic E-state index is 0.291. The van der Waals surface area contributed by atoms with Gasteiger partial charge in [-0.05, 0) is 31.0 Å². The zero-order chi connectivity index (χ0) is 10.2. The zero-order valence-electron chi connectivity index (χ0n) is 8.54. The lowest BCUT2D eigenvalue weighted by atomic mass is 9.90. The highest BCUT2D eigenvalue weighted by Crippen LogP contribution is 2.35. The van der Waals surface area contributed by atoms with Crippen molar-refractivity contribution in [2.24, 2.45) is 5.73 Å². The van der Waals surface area contributed by atoms with Crippen LogP contribution >= 0.6 is 0 Å². The Labute approximate surface area is 83.8 Å². The zero-order valence-corrected chi connectivity index (χ0v) is 8.54. The molecular formula is C11H15NO2. The first-order chi connectivity index (χ1) is 6.63. The lowest BCUT2D eigenvalue weighted by molar-refractivity contribution is 0.174. The van der Waals surface area contributed by atoms with Crippen molar-refractivity contribution in [3.05, 3.63) is 23.8 Å². The highest BCUT2D eigenvalue weighted by Gasteiger charge is 2.22. The Morgan fingerprint density at radius 3 is 2.79 bits per heavy atom. The first kappa shape index (κ1) is 9.34. The van der Waals surface area contributed by atoms with Gasteiger partial charge in [0.15, 0.2) is 11.5 Å². The van der Waals surface area contributed by atoms with E-state index in [0.29, 0.717) is 6.79 Å². The predicted octanol–water partition coefficient (Wildman–Crippen LogP) is 2.00. The maximum absolute atomic E-state index is 6.14. The van der Waals surface area contributed by atoms with Crippen molar-refractivity contribution < 1.29 is 9.47 Å². The number of ether oxygens (including phenoxy) is 2. The molecule has 0 bridgehead atoms. The average Bonchev–Trinajstić information content (AvgIpc) is 2.64. The van der Waals surface area contributed by atoms with E-state index >= 15 is 0 Å². The molecule has 0 aromatic heterocycles. The van der Waals surface area contributed by atoms with E-state index in [4.69, 9.17) is 15.2 Å². The van der Waals surface area contributed by atoms with Gasteiger partial charge in [0.1, 0.15) is 0 Å². The van der Waals surface area contributed by atoms with Crippen LogP contribution in [-0.4, -0.2) is 6.79 Å². The lowest BCUT2D eigenvalue weighted by Crippen LogP contribution is -2.31. The molecular weight excluding hydrogens is 178 g/mol. The van der Waals surface area contributed by atoms with Gasteiger partial charge in [-0.15, -0.1) is 0 Å². The molecule has 2 N–H and O–H groups in total. The van der Waals surface area contributed by atoms with Crippen LogP contribution in [0.15, 0.2) is 18.2 Å². The Kier molecular flexibility index (Phi) is 2.11. The Morgan fingerprint density at radius 2 is 2.07 bits per heavy atom. The fourth-order valence-electron chi connectivity index (χ4n) is 1.46. The molecule has 0 radical (unpaired) electrons. The molecule has 3 nitrogen and oxygen atoms in total. The van der Waals surface area contributed by atoms with Crippen LogP contribution in [0.4, 0.5) is 0 Å². The highest BCUT2D eigenvalue weighted by molar-refractivity contribution is 5.46. The summed E-state index contributed by atoms with van der Waals surface area (Å²) in [6.07, 6.45) is 0.895. The van der Waals surface area contributed by atoms with E-state index in [1.54, 1.807) is 0 Å². The molecule has 1 aromatic carbocycles. The Balaban J connectivity index is 2.38. The largest absolute Gasteiger partial charge is 0.454 e. The maximum Gasteiger partial charge on any atom is 0.231 e. The summed E-state index contributed by atoms with van der Waals surface area (Å²) < 4.78 is 10.5. The summed E-state index contributed by atoms with van der Waals surface area (Å²) in [5, 5.41) is 0. The van der Waals surface area contributed by atoms with Crippen molar-refractivity contribution >= 4 is 0 Å². The molecule has 0 aliphatic carbocycles. The minimum Gasteiger partial charge on any atom is -0.454 e. The Hall–Kier alpha value is -1.22. The van der Waals surface area contributed by atoms with Crippen molar-refractivity contribution in [1.29, 1.82) is 0 Å². The fraction of sp³-hybridized carbons (Fsp3) is 0.455. The van der Waals surface area contributed by atoms with Crippen LogP contribution in [0.25, 0.3) is 0 Å². The predicted molar refractivity (Wildman–Crippen MR) is 54.4 cm³/mol. The molecule has 0 fully saturated rings. The van der Waals surface area contributed by atoms with Gasteiger partial charge in [0, 0.05) is 5.54 Å². The first-order valence-corrected chi connectivity index (χ1v) is 4.82. The summed E-state index contributed by atoms with van der Waals surface area (Å²) in [5.74, 6) is 1.60. The van der Waals surface area contributed by atoms with Gasteiger partial charge in [-0.1, -0.05) is 13.0 Å². The second-order valence-electron chi connectivity index (χ2n) is 3.84. The van der Waals surface area contributed by atoms with E-state index in [1.807, 2.05) is 25.1 Å². The normalized spacial score (nSPS) is 17.9. The third-order valence-corrected chi connectivity index (χ3v) is 2.77. The molecule has 0 amide bonds. The lowest BCUT2D eigenvalue weighted by Gasteiger charge is -2.23. The van der Waals surface area contributed by atoms with E-state index in [9.17, 15) is 0 Å². The van der Waals surface area contributed by atoms with E-state index in [1.165, 1.54) is 0 Å².